The third-order valence-corrected chi connectivity index (χ3v) is 13.2. The van der Waals surface area contributed by atoms with Gasteiger partial charge < -0.3 is 10.2 Å². The first kappa shape index (κ1) is 23.4. The van der Waals surface area contributed by atoms with Crippen LogP contribution in [0.3, 0.4) is 0 Å². The molecule has 0 spiro atoms. The Hall–Kier alpha value is -0.340. The van der Waals surface area contributed by atoms with E-state index in [-0.39, 0.29) is 33.9 Å². The van der Waals surface area contributed by atoms with Crippen molar-refractivity contribution in [2.45, 2.75) is 125 Å². The summed E-state index contributed by atoms with van der Waals surface area (Å²) in [7, 11) is 0. The molecule has 0 bridgehead atoms. The second kappa shape index (κ2) is 6.66. The minimum atomic E-state index is -0.175. The smallest absolute Gasteiger partial charge is 0.0596 e. The van der Waals surface area contributed by atoms with Crippen molar-refractivity contribution in [2.24, 2.45) is 50.2 Å². The third-order valence-electron chi connectivity index (χ3n) is 13.2. The molecule has 0 aromatic carbocycles. The van der Waals surface area contributed by atoms with Gasteiger partial charge in [0.25, 0.3) is 0 Å². The van der Waals surface area contributed by atoms with Gasteiger partial charge >= 0.3 is 0 Å². The lowest BCUT2D eigenvalue weighted by molar-refractivity contribution is -0.205. The molecule has 9 atom stereocenters. The molecule has 0 aromatic heterocycles. The molecule has 0 radical (unpaired) electrons. The SMILES string of the molecule is CC1(C)C[C@@H]2C3=CC[C@@H]4[C@]5(C)CC[C@@H](O)C(C)(C)[C@H]5CC[C@@]4(C)[C@]3(C)CC[C@@]2(C)C[C@H]1O. The van der Waals surface area contributed by atoms with E-state index in [9.17, 15) is 10.2 Å². The van der Waals surface area contributed by atoms with E-state index in [4.69, 9.17) is 0 Å². The molecule has 0 saturated heterocycles. The highest BCUT2D eigenvalue weighted by Crippen LogP contribution is 2.75. The van der Waals surface area contributed by atoms with Gasteiger partial charge in [0.2, 0.25) is 0 Å². The zero-order chi connectivity index (χ0) is 23.5. The monoisotopic (exact) mass is 442 g/mol. The summed E-state index contributed by atoms with van der Waals surface area (Å²) in [5.74, 6) is 1.95. The molecule has 2 N–H and O–H groups in total. The Morgan fingerprint density at radius 1 is 0.750 bits per heavy atom. The van der Waals surface area contributed by atoms with E-state index in [1.807, 2.05) is 0 Å². The van der Waals surface area contributed by atoms with Crippen molar-refractivity contribution in [3.8, 4) is 0 Å². The number of allylic oxidation sites excluding steroid dienone is 2. The lowest BCUT2D eigenvalue weighted by Gasteiger charge is -2.71. The van der Waals surface area contributed by atoms with Crippen molar-refractivity contribution >= 4 is 0 Å². The summed E-state index contributed by atoms with van der Waals surface area (Å²) < 4.78 is 0. The minimum Gasteiger partial charge on any atom is -0.393 e. The van der Waals surface area contributed by atoms with Gasteiger partial charge in [0.1, 0.15) is 0 Å². The summed E-state index contributed by atoms with van der Waals surface area (Å²) in [5.41, 5.74) is 2.98. The number of hydrogen-bond donors (Lipinski definition) is 2. The molecule has 0 unspecified atom stereocenters. The van der Waals surface area contributed by atoms with E-state index >= 15 is 0 Å². The number of hydrogen-bond acceptors (Lipinski definition) is 2. The van der Waals surface area contributed by atoms with E-state index in [0.717, 1.165) is 19.3 Å². The summed E-state index contributed by atoms with van der Waals surface area (Å²) in [6.07, 6.45) is 13.0. The first-order valence-corrected chi connectivity index (χ1v) is 13.7. The molecule has 32 heavy (non-hydrogen) atoms. The van der Waals surface area contributed by atoms with Crippen LogP contribution in [-0.2, 0) is 0 Å². The van der Waals surface area contributed by atoms with Gasteiger partial charge in [0.15, 0.2) is 0 Å². The normalized spacial score (nSPS) is 56.2. The lowest BCUT2D eigenvalue weighted by Crippen LogP contribution is -2.64. The predicted molar refractivity (Wildman–Crippen MR) is 132 cm³/mol. The molecular formula is C30H50O2. The van der Waals surface area contributed by atoms with Crippen molar-refractivity contribution < 1.29 is 10.2 Å². The quantitative estimate of drug-likeness (QED) is 0.391. The van der Waals surface area contributed by atoms with Crippen LogP contribution in [-0.4, -0.2) is 22.4 Å². The molecular weight excluding hydrogens is 392 g/mol. The lowest BCUT2D eigenvalue weighted by atomic mass is 9.33. The molecule has 0 aliphatic heterocycles. The largest absolute Gasteiger partial charge is 0.393 e. The van der Waals surface area contributed by atoms with E-state index in [1.54, 1.807) is 5.57 Å². The Morgan fingerprint density at radius 3 is 2.12 bits per heavy atom. The molecule has 5 aliphatic carbocycles. The fraction of sp³-hybridized carbons (Fsp3) is 0.933. The van der Waals surface area contributed by atoms with Crippen molar-refractivity contribution in [1.29, 1.82) is 0 Å². The van der Waals surface area contributed by atoms with Crippen LogP contribution in [0.5, 0.6) is 0 Å². The number of aliphatic hydroxyl groups is 2. The van der Waals surface area contributed by atoms with Crippen molar-refractivity contribution in [3.05, 3.63) is 11.6 Å². The summed E-state index contributed by atoms with van der Waals surface area (Å²) in [6.45, 7) is 19.6. The van der Waals surface area contributed by atoms with E-state index in [0.29, 0.717) is 28.6 Å². The average molecular weight is 443 g/mol. The zero-order valence-electron chi connectivity index (χ0n) is 22.2. The summed E-state index contributed by atoms with van der Waals surface area (Å²) in [4.78, 5) is 0. The molecule has 0 aromatic rings. The van der Waals surface area contributed by atoms with Crippen LogP contribution in [0.15, 0.2) is 11.6 Å². The molecule has 4 fully saturated rings. The van der Waals surface area contributed by atoms with Crippen LogP contribution in [0.4, 0.5) is 0 Å². The highest BCUT2D eigenvalue weighted by Gasteiger charge is 2.68. The van der Waals surface area contributed by atoms with Gasteiger partial charge in [-0.25, -0.2) is 0 Å². The maximum Gasteiger partial charge on any atom is 0.0596 e. The molecule has 2 nitrogen and oxygen atoms in total. The van der Waals surface area contributed by atoms with Gasteiger partial charge in [-0.15, -0.1) is 0 Å². The Balaban J connectivity index is 1.57. The fourth-order valence-electron chi connectivity index (χ4n) is 10.6. The van der Waals surface area contributed by atoms with Gasteiger partial charge in [-0.05, 0) is 108 Å². The molecule has 4 saturated carbocycles. The average Bonchev–Trinajstić information content (AvgIpc) is 2.68. The second-order valence-corrected chi connectivity index (χ2v) is 15.3. The molecule has 5 aliphatic rings. The van der Waals surface area contributed by atoms with E-state index < -0.39 is 0 Å². The molecule has 0 heterocycles. The van der Waals surface area contributed by atoms with Crippen LogP contribution >= 0.6 is 0 Å². The van der Waals surface area contributed by atoms with E-state index in [1.165, 1.54) is 38.5 Å². The van der Waals surface area contributed by atoms with Crippen molar-refractivity contribution in [1.82, 2.24) is 0 Å². The van der Waals surface area contributed by atoms with Crippen LogP contribution < -0.4 is 0 Å². The topological polar surface area (TPSA) is 40.5 Å². The maximum absolute atomic E-state index is 10.9. The Kier molecular flexibility index (Phi) is 4.87. The van der Waals surface area contributed by atoms with Gasteiger partial charge in [-0.2, -0.15) is 0 Å². The first-order valence-electron chi connectivity index (χ1n) is 13.7. The van der Waals surface area contributed by atoms with Gasteiger partial charge in [-0.3, -0.25) is 0 Å². The zero-order valence-corrected chi connectivity index (χ0v) is 22.2. The van der Waals surface area contributed by atoms with Gasteiger partial charge in [0.05, 0.1) is 12.2 Å². The molecule has 0 amide bonds. The Bertz CT molecular complexity index is 825. The summed E-state index contributed by atoms with van der Waals surface area (Å²) in [5, 5.41) is 21.8. The van der Waals surface area contributed by atoms with Crippen molar-refractivity contribution in [2.75, 3.05) is 0 Å². The predicted octanol–water partition coefficient (Wildman–Crippen LogP) is 7.14. The Labute approximate surface area is 197 Å². The van der Waals surface area contributed by atoms with Crippen LogP contribution in [0.2, 0.25) is 0 Å². The number of rotatable bonds is 0. The molecule has 182 valence electrons. The van der Waals surface area contributed by atoms with Gasteiger partial charge in [0, 0.05) is 0 Å². The maximum atomic E-state index is 10.9. The van der Waals surface area contributed by atoms with Crippen LogP contribution in [0.1, 0.15) is 113 Å². The van der Waals surface area contributed by atoms with Crippen LogP contribution in [0, 0.1) is 50.2 Å². The number of aliphatic hydroxyl groups excluding tert-OH is 2. The molecule has 2 heteroatoms. The summed E-state index contributed by atoms with van der Waals surface area (Å²) >= 11 is 0. The van der Waals surface area contributed by atoms with Crippen molar-refractivity contribution in [3.63, 3.8) is 0 Å². The highest BCUT2D eigenvalue weighted by molar-refractivity contribution is 5.33. The number of fused-ring (bicyclic) bond motifs is 7. The molecule has 5 rings (SSSR count). The van der Waals surface area contributed by atoms with Crippen LogP contribution in [0.25, 0.3) is 0 Å². The second-order valence-electron chi connectivity index (χ2n) is 15.3. The highest BCUT2D eigenvalue weighted by atomic mass is 16.3. The third kappa shape index (κ3) is 2.72. The fourth-order valence-corrected chi connectivity index (χ4v) is 10.6. The first-order chi connectivity index (χ1) is 14.6. The van der Waals surface area contributed by atoms with Gasteiger partial charge in [-0.1, -0.05) is 67.0 Å². The Morgan fingerprint density at radius 2 is 1.44 bits per heavy atom. The summed E-state index contributed by atoms with van der Waals surface area (Å²) in [6, 6.07) is 0. The standard InChI is InChI=1S/C30H50O2/c1-25(2)17-20-19-9-10-22-28(6)13-12-23(31)26(3,4)21(28)11-14-30(22,8)29(19,7)16-15-27(20,5)18-24(25)32/h9,20-24,31-32H,10-18H2,1-8H3/t20-,21-,22-,23-,24-,27+,28-,29-,30-/m1/s1. The minimum absolute atomic E-state index is 0.00813. The van der Waals surface area contributed by atoms with E-state index in [2.05, 4.69) is 61.5 Å².